The summed E-state index contributed by atoms with van der Waals surface area (Å²) in [5.41, 5.74) is 0.853. The highest BCUT2D eigenvalue weighted by atomic mass is 16.2. The molecule has 0 bridgehead atoms. The van der Waals surface area contributed by atoms with E-state index >= 15 is 0 Å². The Labute approximate surface area is 144 Å². The fourth-order valence-electron chi connectivity index (χ4n) is 3.46. The molecule has 3 heterocycles. The molecule has 0 aliphatic carbocycles. The molecule has 1 amide bonds. The summed E-state index contributed by atoms with van der Waals surface area (Å²) in [4.78, 5) is 31.2. The zero-order valence-electron chi connectivity index (χ0n) is 13.7. The number of rotatable bonds is 3. The lowest BCUT2D eigenvalue weighted by Crippen LogP contribution is -2.37. The molecular formula is C19H18N4O2. The summed E-state index contributed by atoms with van der Waals surface area (Å²) in [7, 11) is 0. The van der Waals surface area contributed by atoms with Gasteiger partial charge in [0.2, 0.25) is 5.91 Å². The van der Waals surface area contributed by atoms with Crippen molar-refractivity contribution in [3.63, 3.8) is 0 Å². The second kappa shape index (κ2) is 6.47. The van der Waals surface area contributed by atoms with Crippen molar-refractivity contribution in [2.24, 2.45) is 0 Å². The van der Waals surface area contributed by atoms with Crippen LogP contribution < -0.4 is 5.56 Å². The standard InChI is InChI=1S/C19H18N4O2/c24-18(22-11-3-6-17(22)14-7-9-20-10-8-14)13-23-19(25)16-5-2-1-4-15(16)12-21-23/h1-2,4-5,7-10,12,17H,3,6,11,13H2/t17-/m1/s1. The maximum absolute atomic E-state index is 12.8. The van der Waals surface area contributed by atoms with Gasteiger partial charge in [-0.25, -0.2) is 4.68 Å². The Bertz CT molecular complexity index is 968. The number of benzene rings is 1. The summed E-state index contributed by atoms with van der Waals surface area (Å²) in [5, 5.41) is 5.53. The summed E-state index contributed by atoms with van der Waals surface area (Å²) in [6.45, 7) is 0.666. The van der Waals surface area contributed by atoms with E-state index in [0.29, 0.717) is 11.9 Å². The Hall–Kier alpha value is -3.02. The lowest BCUT2D eigenvalue weighted by atomic mass is 10.1. The molecule has 1 atom stereocenters. The number of amides is 1. The van der Waals surface area contributed by atoms with E-state index in [9.17, 15) is 9.59 Å². The van der Waals surface area contributed by atoms with Crippen LogP contribution in [0.25, 0.3) is 10.8 Å². The zero-order chi connectivity index (χ0) is 17.2. The normalized spacial score (nSPS) is 17.1. The van der Waals surface area contributed by atoms with E-state index in [-0.39, 0.29) is 24.1 Å². The van der Waals surface area contributed by atoms with E-state index in [2.05, 4.69) is 10.1 Å². The minimum Gasteiger partial charge on any atom is -0.334 e. The van der Waals surface area contributed by atoms with Crippen LogP contribution >= 0.6 is 0 Å². The van der Waals surface area contributed by atoms with Crippen LogP contribution in [0.15, 0.2) is 59.8 Å². The van der Waals surface area contributed by atoms with Gasteiger partial charge in [0.1, 0.15) is 6.54 Å². The first-order valence-electron chi connectivity index (χ1n) is 8.38. The third kappa shape index (κ3) is 2.91. The molecule has 6 nitrogen and oxygen atoms in total. The number of nitrogens with zero attached hydrogens (tertiary/aromatic N) is 4. The van der Waals surface area contributed by atoms with Gasteiger partial charge in [-0.2, -0.15) is 5.10 Å². The molecule has 0 N–H and O–H groups in total. The second-order valence-electron chi connectivity index (χ2n) is 6.22. The Morgan fingerprint density at radius 3 is 2.80 bits per heavy atom. The topological polar surface area (TPSA) is 68.1 Å². The van der Waals surface area contributed by atoms with Crippen LogP contribution in [0.1, 0.15) is 24.4 Å². The second-order valence-corrected chi connectivity index (χ2v) is 6.22. The molecule has 6 heteroatoms. The quantitative estimate of drug-likeness (QED) is 0.736. The average molecular weight is 334 g/mol. The molecule has 3 aromatic rings. The molecule has 2 aromatic heterocycles. The average Bonchev–Trinajstić information content (AvgIpc) is 3.15. The number of carbonyl (C=O) groups is 1. The van der Waals surface area contributed by atoms with Crippen molar-refractivity contribution in [2.45, 2.75) is 25.4 Å². The first-order valence-corrected chi connectivity index (χ1v) is 8.38. The summed E-state index contributed by atoms with van der Waals surface area (Å²) >= 11 is 0. The van der Waals surface area contributed by atoms with Crippen LogP contribution in [0.5, 0.6) is 0 Å². The van der Waals surface area contributed by atoms with Gasteiger partial charge < -0.3 is 4.90 Å². The van der Waals surface area contributed by atoms with Crippen molar-refractivity contribution >= 4 is 16.7 Å². The molecule has 4 rings (SSSR count). The van der Waals surface area contributed by atoms with E-state index in [1.165, 1.54) is 4.68 Å². The van der Waals surface area contributed by atoms with Gasteiger partial charge in [0, 0.05) is 24.3 Å². The van der Waals surface area contributed by atoms with Gasteiger partial charge in [-0.1, -0.05) is 18.2 Å². The number of pyridine rings is 1. The number of hydrogen-bond acceptors (Lipinski definition) is 4. The Morgan fingerprint density at radius 1 is 1.16 bits per heavy atom. The van der Waals surface area contributed by atoms with Gasteiger partial charge in [0.05, 0.1) is 17.6 Å². The predicted molar refractivity (Wildman–Crippen MR) is 93.9 cm³/mol. The van der Waals surface area contributed by atoms with E-state index in [1.54, 1.807) is 24.7 Å². The summed E-state index contributed by atoms with van der Waals surface area (Å²) in [6.07, 6.45) is 7.00. The summed E-state index contributed by atoms with van der Waals surface area (Å²) < 4.78 is 1.26. The third-order valence-electron chi connectivity index (χ3n) is 4.71. The molecule has 0 radical (unpaired) electrons. The Morgan fingerprint density at radius 2 is 1.96 bits per heavy atom. The van der Waals surface area contributed by atoms with E-state index in [0.717, 1.165) is 23.8 Å². The summed E-state index contributed by atoms with van der Waals surface area (Å²) in [6, 6.07) is 11.2. The van der Waals surface area contributed by atoms with Gasteiger partial charge in [0.25, 0.3) is 5.56 Å². The molecule has 0 unspecified atom stereocenters. The third-order valence-corrected chi connectivity index (χ3v) is 4.71. The molecule has 1 fully saturated rings. The van der Waals surface area contributed by atoms with Crippen molar-refractivity contribution in [1.82, 2.24) is 19.7 Å². The van der Waals surface area contributed by atoms with Crippen molar-refractivity contribution in [3.05, 3.63) is 70.9 Å². The highest BCUT2D eigenvalue weighted by Crippen LogP contribution is 2.31. The van der Waals surface area contributed by atoms with Crippen LogP contribution in [0.2, 0.25) is 0 Å². The number of likely N-dealkylation sites (tertiary alicyclic amines) is 1. The monoisotopic (exact) mass is 334 g/mol. The first-order chi connectivity index (χ1) is 12.2. The lowest BCUT2D eigenvalue weighted by Gasteiger charge is -2.25. The van der Waals surface area contributed by atoms with Crippen molar-refractivity contribution < 1.29 is 4.79 Å². The van der Waals surface area contributed by atoms with Gasteiger partial charge in [0.15, 0.2) is 0 Å². The Kier molecular flexibility index (Phi) is 4.01. The van der Waals surface area contributed by atoms with Gasteiger partial charge in [-0.3, -0.25) is 14.6 Å². The largest absolute Gasteiger partial charge is 0.334 e. The predicted octanol–water partition coefficient (Wildman–Crippen LogP) is 2.16. The van der Waals surface area contributed by atoms with Crippen LogP contribution in [0, 0.1) is 0 Å². The van der Waals surface area contributed by atoms with Crippen molar-refractivity contribution in [2.75, 3.05) is 6.54 Å². The highest BCUT2D eigenvalue weighted by molar-refractivity contribution is 5.81. The van der Waals surface area contributed by atoms with Gasteiger partial charge >= 0.3 is 0 Å². The maximum Gasteiger partial charge on any atom is 0.275 e. The van der Waals surface area contributed by atoms with Crippen LogP contribution in [-0.2, 0) is 11.3 Å². The molecule has 126 valence electrons. The molecule has 1 saturated heterocycles. The van der Waals surface area contributed by atoms with Crippen LogP contribution in [0.3, 0.4) is 0 Å². The number of carbonyl (C=O) groups excluding carboxylic acids is 1. The van der Waals surface area contributed by atoms with E-state index in [4.69, 9.17) is 0 Å². The molecule has 0 spiro atoms. The van der Waals surface area contributed by atoms with Gasteiger partial charge in [-0.05, 0) is 36.6 Å². The number of fused-ring (bicyclic) bond motifs is 1. The fraction of sp³-hybridized carbons (Fsp3) is 0.263. The minimum absolute atomic E-state index is 0.0365. The molecular weight excluding hydrogens is 316 g/mol. The van der Waals surface area contributed by atoms with Gasteiger partial charge in [-0.15, -0.1) is 0 Å². The van der Waals surface area contributed by atoms with E-state index in [1.807, 2.05) is 35.2 Å². The SMILES string of the molecule is O=C(Cn1ncc2ccccc2c1=O)N1CCC[C@@H]1c1ccncc1. The molecule has 1 aromatic carbocycles. The first kappa shape index (κ1) is 15.5. The molecule has 0 saturated carbocycles. The molecule has 1 aliphatic rings. The number of hydrogen-bond donors (Lipinski definition) is 0. The molecule has 1 aliphatic heterocycles. The molecule has 25 heavy (non-hydrogen) atoms. The lowest BCUT2D eigenvalue weighted by molar-refractivity contribution is -0.133. The van der Waals surface area contributed by atoms with Crippen LogP contribution in [-0.4, -0.2) is 32.1 Å². The Balaban J connectivity index is 1.60. The van der Waals surface area contributed by atoms with Crippen LogP contribution in [0.4, 0.5) is 0 Å². The summed E-state index contributed by atoms with van der Waals surface area (Å²) in [5.74, 6) is -0.0795. The minimum atomic E-state index is -0.230. The van der Waals surface area contributed by atoms with Crippen molar-refractivity contribution in [1.29, 1.82) is 0 Å². The number of aromatic nitrogens is 3. The van der Waals surface area contributed by atoms with Crippen molar-refractivity contribution in [3.8, 4) is 0 Å². The maximum atomic E-state index is 12.8. The highest BCUT2D eigenvalue weighted by Gasteiger charge is 2.30. The van der Waals surface area contributed by atoms with E-state index < -0.39 is 0 Å². The smallest absolute Gasteiger partial charge is 0.275 e. The fourth-order valence-corrected chi connectivity index (χ4v) is 3.46. The zero-order valence-corrected chi connectivity index (χ0v) is 13.7.